The van der Waals surface area contributed by atoms with Crippen molar-refractivity contribution >= 4 is 38.9 Å². The second-order valence-corrected chi connectivity index (χ2v) is 9.33. The lowest BCUT2D eigenvalue weighted by molar-refractivity contribution is -0.385. The van der Waals surface area contributed by atoms with Gasteiger partial charge in [-0.3, -0.25) is 19.9 Å². The molecule has 13 heteroatoms. The number of pyridine rings is 1. The zero-order valence-electron chi connectivity index (χ0n) is 17.8. The fourth-order valence-electron chi connectivity index (χ4n) is 3.07. The lowest BCUT2D eigenvalue weighted by Crippen LogP contribution is -2.35. The topological polar surface area (TPSA) is 132 Å². The van der Waals surface area contributed by atoms with Crippen LogP contribution in [0.2, 0.25) is 5.15 Å². The summed E-state index contributed by atoms with van der Waals surface area (Å²) >= 11 is 6.26. The smallest absolute Gasteiger partial charge is 0.270 e. The molecule has 0 N–H and O–H groups in total. The van der Waals surface area contributed by atoms with Crippen LogP contribution >= 0.6 is 11.6 Å². The van der Waals surface area contributed by atoms with E-state index >= 15 is 0 Å². The molecule has 0 saturated heterocycles. The van der Waals surface area contributed by atoms with E-state index < -0.39 is 14.9 Å². The maximum Gasteiger partial charge on any atom is 0.270 e. The molecule has 2 aromatic heterocycles. The molecular weight excluding hydrogens is 472 g/mol. The minimum absolute atomic E-state index is 0.117. The molecule has 1 aromatic carbocycles. The third kappa shape index (κ3) is 5.35. The normalized spacial score (nSPS) is 11.5. The summed E-state index contributed by atoms with van der Waals surface area (Å²) in [6.45, 7) is 1.92. The number of hydrogen-bond acceptors (Lipinski definition) is 7. The highest BCUT2D eigenvalue weighted by Crippen LogP contribution is 2.27. The van der Waals surface area contributed by atoms with Gasteiger partial charge in [-0.05, 0) is 25.1 Å². The molecule has 3 aromatic rings. The van der Waals surface area contributed by atoms with Gasteiger partial charge in [0.25, 0.3) is 5.69 Å². The summed E-state index contributed by atoms with van der Waals surface area (Å²) in [6.07, 6.45) is 4.69. The first-order valence-corrected chi connectivity index (χ1v) is 11.6. The minimum atomic E-state index is -4.02. The first-order chi connectivity index (χ1) is 15.6. The molecule has 0 fully saturated rings. The van der Waals surface area contributed by atoms with Crippen LogP contribution in [0, 0.1) is 10.1 Å². The van der Waals surface area contributed by atoms with Crippen LogP contribution in [0.4, 0.5) is 11.4 Å². The highest BCUT2D eigenvalue weighted by atomic mass is 35.5. The number of non-ortho nitro benzene ring substituents is 1. The molecule has 0 saturated carbocycles. The van der Waals surface area contributed by atoms with Crippen LogP contribution in [0.5, 0.6) is 0 Å². The zero-order valence-corrected chi connectivity index (χ0v) is 19.4. The van der Waals surface area contributed by atoms with E-state index in [1.54, 1.807) is 37.6 Å². The van der Waals surface area contributed by atoms with E-state index in [2.05, 4.69) is 10.1 Å². The Morgan fingerprint density at radius 1 is 1.27 bits per heavy atom. The summed E-state index contributed by atoms with van der Waals surface area (Å²) in [5.41, 5.74) is 0.715. The summed E-state index contributed by atoms with van der Waals surface area (Å²) < 4.78 is 28.0. The van der Waals surface area contributed by atoms with E-state index in [1.165, 1.54) is 34.8 Å². The van der Waals surface area contributed by atoms with E-state index in [9.17, 15) is 23.3 Å². The summed E-state index contributed by atoms with van der Waals surface area (Å²) in [6, 6.07) is 8.28. The van der Waals surface area contributed by atoms with Crippen LogP contribution < -0.4 is 4.90 Å². The van der Waals surface area contributed by atoms with E-state index in [-0.39, 0.29) is 34.6 Å². The number of nitrogens with zero attached hydrogens (tertiary/aromatic N) is 6. The number of rotatable bonds is 9. The Hall–Kier alpha value is -3.35. The number of anilines is 1. The fourth-order valence-corrected chi connectivity index (χ4v) is 4.52. The zero-order chi connectivity index (χ0) is 24.2. The van der Waals surface area contributed by atoms with Crippen molar-refractivity contribution in [2.75, 3.05) is 25.0 Å². The molecule has 2 heterocycles. The van der Waals surface area contributed by atoms with Gasteiger partial charge >= 0.3 is 0 Å². The summed E-state index contributed by atoms with van der Waals surface area (Å²) in [7, 11) is -2.71. The standard InChI is InChI=1S/C20H21ClN6O5S/c1-3-25(18-14-26(23-20(18)21)16-7-5-10-22-13-16)19(28)9-11-24(2)33(31,32)17-8-4-6-15(12-17)27(29)30/h4-8,10,12-14H,3,9,11H2,1-2H3. The van der Waals surface area contributed by atoms with Gasteiger partial charge in [0.2, 0.25) is 15.9 Å². The number of sulfonamides is 1. The summed E-state index contributed by atoms with van der Waals surface area (Å²) in [5.74, 6) is -0.355. The van der Waals surface area contributed by atoms with Crippen molar-refractivity contribution in [1.29, 1.82) is 0 Å². The van der Waals surface area contributed by atoms with Gasteiger partial charge in [0.05, 0.1) is 27.9 Å². The molecule has 0 bridgehead atoms. The van der Waals surface area contributed by atoms with Crippen LogP contribution in [0.3, 0.4) is 0 Å². The van der Waals surface area contributed by atoms with Gasteiger partial charge in [-0.15, -0.1) is 0 Å². The van der Waals surface area contributed by atoms with Crippen molar-refractivity contribution in [3.05, 3.63) is 70.3 Å². The van der Waals surface area contributed by atoms with Crippen molar-refractivity contribution in [3.63, 3.8) is 0 Å². The maximum atomic E-state index is 12.9. The number of aromatic nitrogens is 3. The molecule has 33 heavy (non-hydrogen) atoms. The molecule has 1 amide bonds. The number of benzene rings is 1. The van der Waals surface area contributed by atoms with Gasteiger partial charge in [0.15, 0.2) is 5.15 Å². The van der Waals surface area contributed by atoms with Gasteiger partial charge in [-0.1, -0.05) is 17.7 Å². The first-order valence-electron chi connectivity index (χ1n) is 9.82. The lowest BCUT2D eigenvalue weighted by atomic mass is 10.3. The van der Waals surface area contributed by atoms with Gasteiger partial charge in [0.1, 0.15) is 5.69 Å². The average Bonchev–Trinajstić information content (AvgIpc) is 3.19. The number of nitro benzene ring substituents is 1. The highest BCUT2D eigenvalue weighted by molar-refractivity contribution is 7.89. The van der Waals surface area contributed by atoms with Gasteiger partial charge in [0, 0.05) is 44.9 Å². The monoisotopic (exact) mass is 492 g/mol. The molecule has 0 aliphatic carbocycles. The molecule has 174 valence electrons. The fraction of sp³-hybridized carbons (Fsp3) is 0.250. The third-order valence-corrected chi connectivity index (χ3v) is 6.97. The second kappa shape index (κ2) is 10.1. The molecular formula is C20H21ClN6O5S. The van der Waals surface area contributed by atoms with Crippen LogP contribution in [-0.2, 0) is 14.8 Å². The van der Waals surface area contributed by atoms with Crippen molar-refractivity contribution in [1.82, 2.24) is 19.1 Å². The van der Waals surface area contributed by atoms with E-state index in [4.69, 9.17) is 11.6 Å². The van der Waals surface area contributed by atoms with Crippen molar-refractivity contribution < 1.29 is 18.1 Å². The van der Waals surface area contributed by atoms with Crippen LogP contribution in [-0.4, -0.2) is 58.5 Å². The highest BCUT2D eigenvalue weighted by Gasteiger charge is 2.25. The van der Waals surface area contributed by atoms with Gasteiger partial charge in [-0.2, -0.15) is 5.10 Å². The molecule has 3 rings (SSSR count). The molecule has 0 aliphatic rings. The number of carbonyl (C=O) groups is 1. The Bertz CT molecular complexity index is 1260. The molecule has 0 radical (unpaired) electrons. The average molecular weight is 493 g/mol. The van der Waals surface area contributed by atoms with Crippen LogP contribution in [0.1, 0.15) is 13.3 Å². The van der Waals surface area contributed by atoms with Crippen LogP contribution in [0.15, 0.2) is 59.9 Å². The molecule has 0 atom stereocenters. The number of amides is 1. The lowest BCUT2D eigenvalue weighted by Gasteiger charge is -2.22. The quantitative estimate of drug-likeness (QED) is 0.331. The van der Waals surface area contributed by atoms with Crippen molar-refractivity contribution in [2.45, 2.75) is 18.2 Å². The Balaban J connectivity index is 1.73. The Labute approximate surface area is 195 Å². The summed E-state index contributed by atoms with van der Waals surface area (Å²) in [4.78, 5) is 28.4. The second-order valence-electron chi connectivity index (χ2n) is 6.93. The Kier molecular flexibility index (Phi) is 7.41. The number of carbonyl (C=O) groups excluding carboxylic acids is 1. The Morgan fingerprint density at radius 3 is 2.67 bits per heavy atom. The van der Waals surface area contributed by atoms with E-state index in [0.29, 0.717) is 17.9 Å². The van der Waals surface area contributed by atoms with Gasteiger partial charge < -0.3 is 4.90 Å². The number of hydrogen-bond donors (Lipinski definition) is 0. The third-order valence-electron chi connectivity index (χ3n) is 4.85. The SMILES string of the molecule is CCN(C(=O)CCN(C)S(=O)(=O)c1cccc([N+](=O)[O-])c1)c1cn(-c2cccnc2)nc1Cl. The number of nitro groups is 1. The largest absolute Gasteiger partial charge is 0.308 e. The Morgan fingerprint density at radius 2 is 2.03 bits per heavy atom. The van der Waals surface area contributed by atoms with E-state index in [0.717, 1.165) is 10.4 Å². The number of halogens is 1. The predicted octanol–water partition coefficient (Wildman–Crippen LogP) is 2.89. The predicted molar refractivity (Wildman–Crippen MR) is 122 cm³/mol. The van der Waals surface area contributed by atoms with Crippen LogP contribution in [0.25, 0.3) is 5.69 Å². The summed E-state index contributed by atoms with van der Waals surface area (Å²) in [5, 5.41) is 15.3. The first kappa shape index (κ1) is 24.3. The molecule has 0 aliphatic heterocycles. The molecule has 0 unspecified atom stereocenters. The molecule has 11 nitrogen and oxygen atoms in total. The van der Waals surface area contributed by atoms with E-state index in [1.807, 2.05) is 0 Å². The molecule has 0 spiro atoms. The van der Waals surface area contributed by atoms with Crippen molar-refractivity contribution in [3.8, 4) is 5.69 Å². The maximum absolute atomic E-state index is 12.9. The van der Waals surface area contributed by atoms with Crippen molar-refractivity contribution in [2.24, 2.45) is 0 Å². The van der Waals surface area contributed by atoms with Gasteiger partial charge in [-0.25, -0.2) is 17.4 Å². The minimum Gasteiger partial charge on any atom is -0.308 e.